The molecule has 0 N–H and O–H groups in total. The molecule has 0 aliphatic heterocycles. The summed E-state index contributed by atoms with van der Waals surface area (Å²) in [5.41, 5.74) is 10.3. The lowest BCUT2D eigenvalue weighted by Crippen LogP contribution is -1.85. The molecule has 0 unspecified atom stereocenters. The Balaban J connectivity index is 0.000000293. The third kappa shape index (κ3) is 13.7. The average Bonchev–Trinajstić information content (AvgIpc) is 2.92. The Morgan fingerprint density at radius 1 is 0.513 bits per heavy atom. The topological polar surface area (TPSA) is 74.2 Å². The van der Waals surface area contributed by atoms with E-state index in [1.54, 1.807) is 34.4 Å². The normalized spacial score (nSPS) is 10.8. The Morgan fingerprint density at radius 3 is 1.23 bits per heavy atom. The molecule has 3 aromatic rings. The summed E-state index contributed by atoms with van der Waals surface area (Å²) in [6.07, 6.45) is 5.49. The summed E-state index contributed by atoms with van der Waals surface area (Å²) in [6, 6.07) is 24.2. The largest absolute Gasteiger partial charge is 0.296 e. The first kappa shape index (κ1) is 32.7. The molecule has 0 heterocycles. The molecule has 0 aliphatic rings. The van der Waals surface area contributed by atoms with Crippen molar-refractivity contribution < 1.29 is 0 Å². The van der Waals surface area contributed by atoms with Crippen molar-refractivity contribution >= 4 is 41.3 Å². The molecule has 0 saturated heterocycles. The highest BCUT2D eigenvalue weighted by Gasteiger charge is 1.96. The molecule has 0 spiro atoms. The van der Waals surface area contributed by atoms with Gasteiger partial charge in [0, 0.05) is 52.5 Å². The maximum atomic E-state index is 4.33. The van der Waals surface area contributed by atoms with Crippen LogP contribution in [0.15, 0.2) is 109 Å². The monoisotopic (exact) mass is 522 g/mol. The minimum Gasteiger partial charge on any atom is -0.296 e. The molecule has 0 amide bonds. The van der Waals surface area contributed by atoms with E-state index in [1.807, 2.05) is 74.8 Å². The Hall–Kier alpha value is -4.32. The fourth-order valence-electron chi connectivity index (χ4n) is 3.19. The lowest BCUT2D eigenvalue weighted by molar-refractivity contribution is 1.17. The summed E-state index contributed by atoms with van der Waals surface area (Å²) >= 11 is 0. The number of azo groups is 1. The zero-order chi connectivity index (χ0) is 29.0. The van der Waals surface area contributed by atoms with Gasteiger partial charge in [-0.3, -0.25) is 20.0 Å². The van der Waals surface area contributed by atoms with Gasteiger partial charge in [0.15, 0.2) is 0 Å². The smallest absolute Gasteiger partial charge is 0.0852 e. The van der Waals surface area contributed by atoms with Crippen LogP contribution in [0.25, 0.3) is 5.57 Å². The summed E-state index contributed by atoms with van der Waals surface area (Å²) in [7, 11) is 6.96. The van der Waals surface area contributed by atoms with Crippen LogP contribution in [0, 0.1) is 0 Å². The molecule has 0 aromatic heterocycles. The van der Waals surface area contributed by atoms with Crippen molar-refractivity contribution in [3.63, 3.8) is 0 Å². The molecule has 0 aliphatic carbocycles. The molecule has 0 radical (unpaired) electrons. The standard InChI is InChI=1S/C13H17N.C11H14N2.C9H11N3/c1-10(2)11(3)13-7-5-12(6-8-13)9-14-4;1-9(2)13-11-6-4-10(5-7-11)8-12-3;1-10-7-8-3-5-9(6-4-8)12-11-2/h5-9H,1-4H3;4-8H,1-3H3;3-7H,1-2H3. The second-order valence-electron chi connectivity index (χ2n) is 8.95. The van der Waals surface area contributed by atoms with Crippen molar-refractivity contribution in [1.82, 2.24) is 0 Å². The molecule has 0 saturated carbocycles. The maximum Gasteiger partial charge on any atom is 0.0852 e. The van der Waals surface area contributed by atoms with E-state index in [4.69, 9.17) is 0 Å². The van der Waals surface area contributed by atoms with Crippen molar-refractivity contribution in [2.24, 2.45) is 30.2 Å². The van der Waals surface area contributed by atoms with E-state index in [0.717, 1.165) is 33.8 Å². The summed E-state index contributed by atoms with van der Waals surface area (Å²) in [4.78, 5) is 16.1. The molecule has 3 aromatic carbocycles. The van der Waals surface area contributed by atoms with E-state index >= 15 is 0 Å². The van der Waals surface area contributed by atoms with E-state index in [-0.39, 0.29) is 0 Å². The first-order chi connectivity index (χ1) is 18.7. The summed E-state index contributed by atoms with van der Waals surface area (Å²) in [5, 5.41) is 7.56. The van der Waals surface area contributed by atoms with Gasteiger partial charge in [-0.15, -0.1) is 0 Å². The molecule has 204 valence electrons. The number of hydrogen-bond donors (Lipinski definition) is 0. The van der Waals surface area contributed by atoms with Crippen LogP contribution in [0.2, 0.25) is 0 Å². The quantitative estimate of drug-likeness (QED) is 0.229. The second kappa shape index (κ2) is 18.9. The molecule has 39 heavy (non-hydrogen) atoms. The van der Waals surface area contributed by atoms with Gasteiger partial charge in [0.2, 0.25) is 0 Å². The average molecular weight is 523 g/mol. The van der Waals surface area contributed by atoms with E-state index in [1.165, 1.54) is 16.7 Å². The second-order valence-corrected chi connectivity index (χ2v) is 8.95. The minimum atomic E-state index is 0.866. The third-order valence-corrected chi connectivity index (χ3v) is 5.28. The van der Waals surface area contributed by atoms with Gasteiger partial charge in [-0.25, -0.2) is 0 Å². The molecule has 0 fully saturated rings. The highest BCUT2D eigenvalue weighted by molar-refractivity contribution is 5.83. The maximum absolute atomic E-state index is 4.33. The molecular formula is C33H42N6. The van der Waals surface area contributed by atoms with Gasteiger partial charge in [-0.2, -0.15) is 10.2 Å². The molecule has 0 atom stereocenters. The number of allylic oxidation sites excluding steroid dienone is 2. The Morgan fingerprint density at radius 2 is 0.897 bits per heavy atom. The van der Waals surface area contributed by atoms with Gasteiger partial charge in [0.1, 0.15) is 0 Å². The van der Waals surface area contributed by atoms with E-state index in [2.05, 4.69) is 75.2 Å². The Kier molecular flexibility index (Phi) is 15.8. The van der Waals surface area contributed by atoms with Crippen LogP contribution in [0.5, 0.6) is 0 Å². The van der Waals surface area contributed by atoms with Crippen LogP contribution in [0.1, 0.15) is 56.9 Å². The lowest BCUT2D eigenvalue weighted by Gasteiger charge is -2.04. The summed E-state index contributed by atoms with van der Waals surface area (Å²) < 4.78 is 0. The number of nitrogens with zero attached hydrogens (tertiary/aromatic N) is 6. The summed E-state index contributed by atoms with van der Waals surface area (Å²) in [5.74, 6) is 0. The fourth-order valence-corrected chi connectivity index (χ4v) is 3.19. The number of benzene rings is 3. The van der Waals surface area contributed by atoms with E-state index < -0.39 is 0 Å². The number of hydrogen-bond acceptors (Lipinski definition) is 6. The molecular weight excluding hydrogens is 480 g/mol. The first-order valence-corrected chi connectivity index (χ1v) is 12.8. The van der Waals surface area contributed by atoms with E-state index in [9.17, 15) is 0 Å². The van der Waals surface area contributed by atoms with Crippen LogP contribution in [0.4, 0.5) is 11.4 Å². The first-order valence-electron chi connectivity index (χ1n) is 12.8. The predicted molar refractivity (Wildman–Crippen MR) is 173 cm³/mol. The highest BCUT2D eigenvalue weighted by Crippen LogP contribution is 2.18. The van der Waals surface area contributed by atoms with Gasteiger partial charge in [-0.05, 0) is 86.7 Å². The highest BCUT2D eigenvalue weighted by atomic mass is 15.1. The fraction of sp³-hybridized carbons (Fsp3) is 0.273. The van der Waals surface area contributed by atoms with E-state index in [0.29, 0.717) is 0 Å². The SMILES string of the molecule is CN=Cc1ccc(C(C)=C(C)C)cc1.CN=Cc1ccc(N=C(C)C)cc1.CN=Cc1ccc(N=NC)cc1. The lowest BCUT2D eigenvalue weighted by atomic mass is 10.0. The molecule has 0 bridgehead atoms. The van der Waals surface area contributed by atoms with Crippen molar-refractivity contribution in [3.05, 3.63) is 101 Å². The van der Waals surface area contributed by atoms with Crippen molar-refractivity contribution in [2.75, 3.05) is 28.2 Å². The Bertz CT molecular complexity index is 1250. The van der Waals surface area contributed by atoms with Gasteiger partial charge in [0.25, 0.3) is 0 Å². The minimum absolute atomic E-state index is 0.866. The Labute approximate surface area is 234 Å². The molecule has 6 heteroatoms. The van der Waals surface area contributed by atoms with Crippen LogP contribution in [-0.4, -0.2) is 52.5 Å². The van der Waals surface area contributed by atoms with Crippen LogP contribution in [-0.2, 0) is 0 Å². The molecule has 6 nitrogen and oxygen atoms in total. The van der Waals surface area contributed by atoms with Gasteiger partial charge in [-0.1, -0.05) is 54.1 Å². The zero-order valence-corrected chi connectivity index (χ0v) is 24.8. The number of rotatable bonds is 6. The van der Waals surface area contributed by atoms with Crippen molar-refractivity contribution in [3.8, 4) is 0 Å². The third-order valence-electron chi connectivity index (χ3n) is 5.28. The van der Waals surface area contributed by atoms with Crippen LogP contribution < -0.4 is 0 Å². The summed E-state index contributed by atoms with van der Waals surface area (Å²) in [6.45, 7) is 10.4. The zero-order valence-electron chi connectivity index (χ0n) is 24.8. The molecule has 3 rings (SSSR count). The van der Waals surface area contributed by atoms with Crippen molar-refractivity contribution in [2.45, 2.75) is 34.6 Å². The van der Waals surface area contributed by atoms with Crippen molar-refractivity contribution in [1.29, 1.82) is 0 Å². The van der Waals surface area contributed by atoms with Gasteiger partial charge < -0.3 is 0 Å². The van der Waals surface area contributed by atoms with Crippen LogP contribution in [0.3, 0.4) is 0 Å². The predicted octanol–water partition coefficient (Wildman–Crippen LogP) is 8.85. The van der Waals surface area contributed by atoms with Gasteiger partial charge >= 0.3 is 0 Å². The number of aliphatic imine (C=N–C) groups is 4. The van der Waals surface area contributed by atoms with Gasteiger partial charge in [0.05, 0.1) is 11.4 Å². The van der Waals surface area contributed by atoms with Crippen LogP contribution >= 0.6 is 0 Å².